The third-order valence-corrected chi connectivity index (χ3v) is 2.70. The fraction of sp³-hybridized carbons (Fsp3) is 0.250. The highest BCUT2D eigenvalue weighted by atomic mass is 19.1. The fourth-order valence-electron chi connectivity index (χ4n) is 1.70. The van der Waals surface area contributed by atoms with Crippen LogP contribution >= 0.6 is 0 Å². The molecule has 2 rings (SSSR count). The fourth-order valence-corrected chi connectivity index (χ4v) is 1.70. The molecular formula is C12H11F2N3O. The van der Waals surface area contributed by atoms with Crippen molar-refractivity contribution in [1.29, 1.82) is 0 Å². The average molecular weight is 251 g/mol. The maximum absolute atomic E-state index is 13.9. The van der Waals surface area contributed by atoms with E-state index in [-0.39, 0.29) is 17.2 Å². The summed E-state index contributed by atoms with van der Waals surface area (Å²) in [6.45, 7) is 4.39. The van der Waals surface area contributed by atoms with Crippen LogP contribution in [0.25, 0.3) is 5.69 Å². The Bertz CT molecular complexity index is 634. The van der Waals surface area contributed by atoms with Crippen LogP contribution in [0.2, 0.25) is 0 Å². The van der Waals surface area contributed by atoms with Crippen molar-refractivity contribution in [3.8, 4) is 5.69 Å². The summed E-state index contributed by atoms with van der Waals surface area (Å²) in [7, 11) is 0. The summed E-state index contributed by atoms with van der Waals surface area (Å²) in [6.07, 6.45) is 0. The summed E-state index contributed by atoms with van der Waals surface area (Å²) in [5, 5.41) is 7.27. The summed E-state index contributed by atoms with van der Waals surface area (Å²) >= 11 is 0. The van der Waals surface area contributed by atoms with Gasteiger partial charge >= 0.3 is 0 Å². The van der Waals surface area contributed by atoms with E-state index in [2.05, 4.69) is 10.3 Å². The number of nitrogens with zero attached hydrogens (tertiary/aromatic N) is 3. The molecule has 0 atom stereocenters. The van der Waals surface area contributed by atoms with Crippen molar-refractivity contribution in [1.82, 2.24) is 15.0 Å². The third-order valence-electron chi connectivity index (χ3n) is 2.70. The molecule has 0 aliphatic carbocycles. The molecule has 0 saturated carbocycles. The van der Waals surface area contributed by atoms with Crippen LogP contribution in [-0.2, 0) is 0 Å². The molecule has 0 fully saturated rings. The van der Waals surface area contributed by atoms with E-state index < -0.39 is 11.6 Å². The molecular weight excluding hydrogens is 240 g/mol. The van der Waals surface area contributed by atoms with E-state index in [1.54, 1.807) is 0 Å². The second-order valence-corrected chi connectivity index (χ2v) is 4.02. The Balaban J connectivity index is 2.70. The molecule has 4 nitrogen and oxygen atoms in total. The zero-order valence-corrected chi connectivity index (χ0v) is 10.2. The topological polar surface area (TPSA) is 47.8 Å². The number of ketones is 1. The molecule has 1 aromatic carbocycles. The van der Waals surface area contributed by atoms with E-state index >= 15 is 0 Å². The van der Waals surface area contributed by atoms with Crippen molar-refractivity contribution in [2.24, 2.45) is 0 Å². The molecule has 2 aromatic rings. The summed E-state index contributed by atoms with van der Waals surface area (Å²) in [4.78, 5) is 11.2. The Kier molecular flexibility index (Phi) is 2.94. The Morgan fingerprint density at radius 3 is 2.50 bits per heavy atom. The molecule has 0 amide bonds. The second kappa shape index (κ2) is 4.29. The predicted molar refractivity (Wildman–Crippen MR) is 60.8 cm³/mol. The van der Waals surface area contributed by atoms with E-state index in [9.17, 15) is 13.6 Å². The van der Waals surface area contributed by atoms with Crippen molar-refractivity contribution < 1.29 is 13.6 Å². The van der Waals surface area contributed by atoms with Gasteiger partial charge in [-0.05, 0) is 25.5 Å². The van der Waals surface area contributed by atoms with Crippen molar-refractivity contribution in [2.75, 3.05) is 0 Å². The smallest absolute Gasteiger partial charge is 0.181 e. The highest BCUT2D eigenvalue weighted by molar-refractivity contribution is 5.93. The van der Waals surface area contributed by atoms with Gasteiger partial charge in [-0.25, -0.2) is 13.5 Å². The van der Waals surface area contributed by atoms with Crippen LogP contribution in [0.3, 0.4) is 0 Å². The lowest BCUT2D eigenvalue weighted by molar-refractivity contribution is 0.101. The number of aryl methyl sites for hydroxylation is 1. The van der Waals surface area contributed by atoms with Gasteiger partial charge in [-0.15, -0.1) is 5.10 Å². The molecule has 6 heteroatoms. The maximum Gasteiger partial charge on any atom is 0.181 e. The maximum atomic E-state index is 13.9. The van der Waals surface area contributed by atoms with Gasteiger partial charge in [-0.3, -0.25) is 4.79 Å². The molecule has 0 bridgehead atoms. The van der Waals surface area contributed by atoms with E-state index in [1.807, 2.05) is 0 Å². The first kappa shape index (κ1) is 12.3. The number of rotatable bonds is 2. The quantitative estimate of drug-likeness (QED) is 0.770. The monoisotopic (exact) mass is 251 g/mol. The molecule has 94 valence electrons. The molecule has 0 saturated heterocycles. The lowest BCUT2D eigenvalue weighted by Crippen LogP contribution is -2.07. The first-order chi connectivity index (χ1) is 8.43. The highest BCUT2D eigenvalue weighted by Gasteiger charge is 2.20. The van der Waals surface area contributed by atoms with Gasteiger partial charge in [-0.1, -0.05) is 11.3 Å². The van der Waals surface area contributed by atoms with Gasteiger partial charge in [0, 0.05) is 6.92 Å². The Morgan fingerprint density at radius 1 is 1.28 bits per heavy atom. The normalized spacial score (nSPS) is 10.7. The number of hydrogen-bond donors (Lipinski definition) is 0. The standard InChI is InChI=1S/C12H11F2N3O/c1-6-4-5-9(13)12(10(6)14)17-7(2)11(8(3)18)15-16-17/h4-5H,1-3H3. The molecule has 18 heavy (non-hydrogen) atoms. The van der Waals surface area contributed by atoms with E-state index in [0.29, 0.717) is 11.3 Å². The van der Waals surface area contributed by atoms with Crippen LogP contribution in [0.4, 0.5) is 8.78 Å². The summed E-state index contributed by atoms with van der Waals surface area (Å²) < 4.78 is 28.6. The van der Waals surface area contributed by atoms with Crippen molar-refractivity contribution in [3.05, 3.63) is 40.7 Å². The van der Waals surface area contributed by atoms with Crippen LogP contribution in [0.1, 0.15) is 28.7 Å². The summed E-state index contributed by atoms with van der Waals surface area (Å²) in [5.41, 5.74) is 0.402. The van der Waals surface area contributed by atoms with Gasteiger partial charge in [0.15, 0.2) is 23.1 Å². The zero-order chi connectivity index (χ0) is 13.4. The van der Waals surface area contributed by atoms with Crippen LogP contribution in [0.15, 0.2) is 12.1 Å². The van der Waals surface area contributed by atoms with Gasteiger partial charge in [0.2, 0.25) is 0 Å². The van der Waals surface area contributed by atoms with Crippen LogP contribution < -0.4 is 0 Å². The SMILES string of the molecule is CC(=O)c1nnn(-c2c(F)ccc(C)c2F)c1C. The number of aromatic nitrogens is 3. The predicted octanol–water partition coefficient (Wildman–Crippen LogP) is 2.36. The minimum Gasteiger partial charge on any atom is -0.293 e. The van der Waals surface area contributed by atoms with Crippen molar-refractivity contribution in [3.63, 3.8) is 0 Å². The largest absolute Gasteiger partial charge is 0.293 e. The molecule has 0 spiro atoms. The molecule has 0 aliphatic rings. The summed E-state index contributed by atoms with van der Waals surface area (Å²) in [6, 6.07) is 2.49. The second-order valence-electron chi connectivity index (χ2n) is 4.02. The van der Waals surface area contributed by atoms with Crippen LogP contribution in [-0.4, -0.2) is 20.8 Å². The van der Waals surface area contributed by atoms with E-state index in [1.165, 1.54) is 26.8 Å². The molecule has 1 heterocycles. The minimum atomic E-state index is -0.749. The van der Waals surface area contributed by atoms with E-state index in [4.69, 9.17) is 0 Å². The number of carbonyl (C=O) groups is 1. The average Bonchev–Trinajstić information content (AvgIpc) is 2.67. The molecule has 1 aromatic heterocycles. The van der Waals surface area contributed by atoms with Crippen molar-refractivity contribution >= 4 is 5.78 Å². The van der Waals surface area contributed by atoms with Gasteiger partial charge in [-0.2, -0.15) is 0 Å². The molecule has 0 N–H and O–H groups in total. The number of carbonyl (C=O) groups excluding carboxylic acids is 1. The highest BCUT2D eigenvalue weighted by Crippen LogP contribution is 2.22. The molecule has 0 radical (unpaired) electrons. The van der Waals surface area contributed by atoms with E-state index in [0.717, 1.165) is 10.7 Å². The molecule has 0 aliphatic heterocycles. The van der Waals surface area contributed by atoms with Gasteiger partial charge in [0.1, 0.15) is 5.69 Å². The lowest BCUT2D eigenvalue weighted by atomic mass is 10.2. The number of Topliss-reactive ketones (excluding diaryl/α,β-unsaturated/α-hetero) is 1. The van der Waals surface area contributed by atoms with Crippen LogP contribution in [0, 0.1) is 25.5 Å². The van der Waals surface area contributed by atoms with Gasteiger partial charge in [0.05, 0.1) is 5.69 Å². The Labute approximate surface area is 102 Å². The van der Waals surface area contributed by atoms with Crippen LogP contribution in [0.5, 0.6) is 0 Å². The minimum absolute atomic E-state index is 0.107. The van der Waals surface area contributed by atoms with Gasteiger partial charge in [0.25, 0.3) is 0 Å². The Morgan fingerprint density at radius 2 is 1.94 bits per heavy atom. The Hall–Kier alpha value is -2.11. The number of halogens is 2. The number of hydrogen-bond acceptors (Lipinski definition) is 3. The van der Waals surface area contributed by atoms with Crippen molar-refractivity contribution in [2.45, 2.75) is 20.8 Å². The first-order valence-electron chi connectivity index (χ1n) is 5.31. The van der Waals surface area contributed by atoms with Gasteiger partial charge < -0.3 is 0 Å². The number of benzene rings is 1. The third kappa shape index (κ3) is 1.79. The lowest BCUT2D eigenvalue weighted by Gasteiger charge is -2.08. The zero-order valence-electron chi connectivity index (χ0n) is 10.2. The first-order valence-corrected chi connectivity index (χ1v) is 5.31. The summed E-state index contributed by atoms with van der Waals surface area (Å²) in [5.74, 6) is -1.76. The molecule has 0 unspecified atom stereocenters.